The molecule has 2 N–H and O–H groups in total. The Kier molecular flexibility index (Phi) is 8.44. The van der Waals surface area contributed by atoms with E-state index in [1.165, 1.54) is 19.3 Å². The summed E-state index contributed by atoms with van der Waals surface area (Å²) in [4.78, 5) is 31.9. The maximum absolute atomic E-state index is 13.0. The Balaban J connectivity index is 0.00000140. The number of carbonyl (C=O) groups is 2. The van der Waals surface area contributed by atoms with Crippen LogP contribution in [-0.4, -0.2) is 77.9 Å². The first-order valence-corrected chi connectivity index (χ1v) is 10.6. The Hall–Kier alpha value is -0.560. The van der Waals surface area contributed by atoms with Crippen LogP contribution in [0.15, 0.2) is 0 Å². The maximum atomic E-state index is 13.0. The van der Waals surface area contributed by atoms with Crippen molar-refractivity contribution in [2.45, 2.75) is 57.5 Å². The molecule has 2 aliphatic heterocycles. The molecule has 2 amide bonds. The summed E-state index contributed by atoms with van der Waals surface area (Å²) >= 11 is 0. The van der Waals surface area contributed by atoms with Crippen LogP contribution in [0.5, 0.6) is 0 Å². The highest BCUT2D eigenvalue weighted by atomic mass is 35.5. The number of piperidine rings is 1. The average molecular weight is 435 g/mol. The van der Waals surface area contributed by atoms with E-state index in [-0.39, 0.29) is 48.6 Å². The average Bonchev–Trinajstić information content (AvgIpc) is 3.23. The van der Waals surface area contributed by atoms with Crippen LogP contribution >= 0.6 is 24.8 Å². The van der Waals surface area contributed by atoms with Gasteiger partial charge in [-0.3, -0.25) is 14.5 Å². The van der Waals surface area contributed by atoms with Gasteiger partial charge in [0, 0.05) is 44.8 Å². The summed E-state index contributed by atoms with van der Waals surface area (Å²) in [6, 6.07) is 0.444. The van der Waals surface area contributed by atoms with Crippen molar-refractivity contribution in [3.05, 3.63) is 0 Å². The van der Waals surface area contributed by atoms with Crippen LogP contribution in [0.3, 0.4) is 0 Å². The first-order chi connectivity index (χ1) is 12.5. The molecule has 2 bridgehead atoms. The molecule has 4 fully saturated rings. The molecular formula is C20H36Cl2N4O2. The molecule has 6 nitrogen and oxygen atoms in total. The second-order valence-corrected chi connectivity index (χ2v) is 8.97. The van der Waals surface area contributed by atoms with Gasteiger partial charge in [-0.05, 0) is 57.3 Å². The third-order valence-corrected chi connectivity index (χ3v) is 7.43. The Bertz CT molecular complexity index is 554. The van der Waals surface area contributed by atoms with Crippen molar-refractivity contribution >= 4 is 36.6 Å². The van der Waals surface area contributed by atoms with Gasteiger partial charge in [0.15, 0.2) is 0 Å². The number of fused-ring (bicyclic) bond motifs is 2. The van der Waals surface area contributed by atoms with Gasteiger partial charge in [-0.1, -0.05) is 0 Å². The molecule has 162 valence electrons. The fraction of sp³-hybridized carbons (Fsp3) is 0.900. The molecule has 2 saturated heterocycles. The summed E-state index contributed by atoms with van der Waals surface area (Å²) in [5.74, 6) is 1.67. The van der Waals surface area contributed by atoms with E-state index in [2.05, 4.69) is 16.7 Å². The first-order valence-electron chi connectivity index (χ1n) is 10.6. The summed E-state index contributed by atoms with van der Waals surface area (Å²) < 4.78 is 0. The van der Waals surface area contributed by atoms with Gasteiger partial charge in [0.1, 0.15) is 0 Å². The zero-order valence-corrected chi connectivity index (χ0v) is 18.6. The summed E-state index contributed by atoms with van der Waals surface area (Å²) in [7, 11) is 0. The van der Waals surface area contributed by atoms with Crippen LogP contribution in [-0.2, 0) is 9.59 Å². The summed E-state index contributed by atoms with van der Waals surface area (Å²) in [6.07, 6.45) is 7.02. The molecule has 0 aromatic carbocycles. The van der Waals surface area contributed by atoms with Crippen LogP contribution in [0.25, 0.3) is 0 Å². The number of piperazine rings is 1. The number of nitrogens with zero attached hydrogens (tertiary/aromatic N) is 3. The van der Waals surface area contributed by atoms with Gasteiger partial charge in [0.05, 0.1) is 12.5 Å². The first kappa shape index (κ1) is 23.7. The van der Waals surface area contributed by atoms with Gasteiger partial charge < -0.3 is 15.5 Å². The van der Waals surface area contributed by atoms with E-state index in [9.17, 15) is 9.59 Å². The molecule has 4 rings (SSSR count). The van der Waals surface area contributed by atoms with Crippen molar-refractivity contribution in [1.82, 2.24) is 14.7 Å². The second kappa shape index (κ2) is 9.96. The smallest absolute Gasteiger partial charge is 0.236 e. The fourth-order valence-corrected chi connectivity index (χ4v) is 5.79. The number of rotatable bonds is 3. The van der Waals surface area contributed by atoms with Gasteiger partial charge in [-0.25, -0.2) is 0 Å². The quantitative estimate of drug-likeness (QED) is 0.734. The van der Waals surface area contributed by atoms with Gasteiger partial charge >= 0.3 is 0 Å². The number of carbonyl (C=O) groups excluding carboxylic acids is 2. The van der Waals surface area contributed by atoms with Crippen LogP contribution in [0.1, 0.15) is 45.4 Å². The standard InChI is InChI=1S/C20H34N4O2.2ClH/c1-14-4-2-3-7-24(14)17(25)13-22-8-10-23(11-9-22)20(26)18-15-5-6-16(12-15)19(18)21;;/h14-16,18-19H,2-13,21H2,1H3;2*1H. The molecule has 5 unspecified atom stereocenters. The van der Waals surface area contributed by atoms with Gasteiger partial charge in [-0.15, -0.1) is 24.8 Å². The molecule has 0 aromatic rings. The van der Waals surface area contributed by atoms with Crippen molar-refractivity contribution in [2.24, 2.45) is 23.5 Å². The zero-order valence-electron chi connectivity index (χ0n) is 16.9. The van der Waals surface area contributed by atoms with Gasteiger partial charge in [-0.2, -0.15) is 0 Å². The van der Waals surface area contributed by atoms with E-state index >= 15 is 0 Å². The minimum atomic E-state index is 0. The van der Waals surface area contributed by atoms with Crippen molar-refractivity contribution in [1.29, 1.82) is 0 Å². The Morgan fingerprint density at radius 3 is 2.21 bits per heavy atom. The summed E-state index contributed by atoms with van der Waals surface area (Å²) in [5.41, 5.74) is 6.35. The summed E-state index contributed by atoms with van der Waals surface area (Å²) in [5, 5.41) is 0. The molecule has 2 saturated carbocycles. The molecule has 8 heteroatoms. The Morgan fingerprint density at radius 2 is 1.61 bits per heavy atom. The predicted octanol–water partition coefficient (Wildman–Crippen LogP) is 1.75. The zero-order chi connectivity index (χ0) is 18.3. The minimum absolute atomic E-state index is 0. The lowest BCUT2D eigenvalue weighted by Crippen LogP contribution is -2.55. The number of hydrogen-bond acceptors (Lipinski definition) is 4. The van der Waals surface area contributed by atoms with E-state index in [0.29, 0.717) is 24.4 Å². The lowest BCUT2D eigenvalue weighted by atomic mass is 9.84. The lowest BCUT2D eigenvalue weighted by molar-refractivity contribution is -0.140. The third kappa shape index (κ3) is 4.61. The van der Waals surface area contributed by atoms with E-state index in [1.807, 2.05) is 4.90 Å². The largest absolute Gasteiger partial charge is 0.340 e. The van der Waals surface area contributed by atoms with E-state index < -0.39 is 0 Å². The molecule has 2 heterocycles. The molecular weight excluding hydrogens is 399 g/mol. The van der Waals surface area contributed by atoms with Gasteiger partial charge in [0.2, 0.25) is 11.8 Å². The van der Waals surface area contributed by atoms with Crippen molar-refractivity contribution in [2.75, 3.05) is 39.3 Å². The topological polar surface area (TPSA) is 69.9 Å². The van der Waals surface area contributed by atoms with E-state index in [1.54, 1.807) is 0 Å². The molecule has 0 spiro atoms. The number of halogens is 2. The van der Waals surface area contributed by atoms with Crippen molar-refractivity contribution in [3.8, 4) is 0 Å². The highest BCUT2D eigenvalue weighted by molar-refractivity contribution is 5.85. The molecule has 5 atom stereocenters. The van der Waals surface area contributed by atoms with E-state index in [0.717, 1.165) is 52.0 Å². The molecule has 4 aliphatic rings. The highest BCUT2D eigenvalue weighted by Gasteiger charge is 2.50. The highest BCUT2D eigenvalue weighted by Crippen LogP contribution is 2.48. The van der Waals surface area contributed by atoms with Crippen molar-refractivity contribution in [3.63, 3.8) is 0 Å². The third-order valence-electron chi connectivity index (χ3n) is 7.43. The SMILES string of the molecule is CC1CCCCN1C(=O)CN1CCN(C(=O)C2C3CCC(C3)C2N)CC1.Cl.Cl. The second-order valence-electron chi connectivity index (χ2n) is 8.97. The number of hydrogen-bond donors (Lipinski definition) is 1. The van der Waals surface area contributed by atoms with Crippen LogP contribution in [0, 0.1) is 17.8 Å². The maximum Gasteiger partial charge on any atom is 0.236 e. The monoisotopic (exact) mass is 434 g/mol. The van der Waals surface area contributed by atoms with Crippen LogP contribution in [0.2, 0.25) is 0 Å². The number of nitrogens with two attached hydrogens (primary N) is 1. The number of amides is 2. The fourth-order valence-electron chi connectivity index (χ4n) is 5.79. The summed E-state index contributed by atoms with van der Waals surface area (Å²) in [6.45, 7) is 6.64. The molecule has 0 aromatic heterocycles. The minimum Gasteiger partial charge on any atom is -0.340 e. The number of likely N-dealkylation sites (tertiary alicyclic amines) is 1. The molecule has 0 radical (unpaired) electrons. The predicted molar refractivity (Wildman–Crippen MR) is 115 cm³/mol. The lowest BCUT2D eigenvalue weighted by Gasteiger charge is -2.39. The van der Waals surface area contributed by atoms with Crippen LogP contribution < -0.4 is 5.73 Å². The molecule has 2 aliphatic carbocycles. The Morgan fingerprint density at radius 1 is 0.929 bits per heavy atom. The molecule has 28 heavy (non-hydrogen) atoms. The normalized spacial score (nSPS) is 35.3. The van der Waals surface area contributed by atoms with Gasteiger partial charge in [0.25, 0.3) is 0 Å². The Labute approximate surface area is 181 Å². The van der Waals surface area contributed by atoms with Crippen molar-refractivity contribution < 1.29 is 9.59 Å². The van der Waals surface area contributed by atoms with Crippen LogP contribution in [0.4, 0.5) is 0 Å². The van der Waals surface area contributed by atoms with E-state index in [4.69, 9.17) is 5.73 Å².